The molecule has 0 atom stereocenters. The van der Waals surface area contributed by atoms with Crippen molar-refractivity contribution >= 4 is 15.7 Å². The maximum absolute atomic E-state index is 13.4. The zero-order valence-electron chi connectivity index (χ0n) is 23.1. The van der Waals surface area contributed by atoms with Gasteiger partial charge in [0.15, 0.2) is 5.75 Å². The van der Waals surface area contributed by atoms with Crippen LogP contribution in [0.5, 0.6) is 11.5 Å². The Hall–Kier alpha value is -2.46. The number of nitrogens with one attached hydrogen (secondary N) is 2. The number of hydrogen-bond acceptors (Lipinski definition) is 9. The maximum Gasteiger partial charge on any atom is 0.416 e. The molecule has 1 aliphatic heterocycles. The lowest BCUT2D eigenvalue weighted by Crippen LogP contribution is -2.40. The molecule has 4 N–H and O–H groups in total. The van der Waals surface area contributed by atoms with Crippen molar-refractivity contribution in [1.82, 2.24) is 14.9 Å². The first-order valence-electron chi connectivity index (χ1n) is 13.5. The van der Waals surface area contributed by atoms with Crippen LogP contribution in [0.25, 0.3) is 0 Å². The largest absolute Gasteiger partial charge is 0.454 e. The summed E-state index contributed by atoms with van der Waals surface area (Å²) in [5.74, 6) is -0.332. The first-order chi connectivity index (χ1) is 19.6. The number of halogens is 3. The highest BCUT2D eigenvalue weighted by Crippen LogP contribution is 2.41. The molecule has 2 aromatic rings. The van der Waals surface area contributed by atoms with E-state index in [1.807, 2.05) is 0 Å². The van der Waals surface area contributed by atoms with Gasteiger partial charge in [0.25, 0.3) is 0 Å². The van der Waals surface area contributed by atoms with Crippen molar-refractivity contribution < 1.29 is 41.3 Å². The van der Waals surface area contributed by atoms with Crippen molar-refractivity contribution in [3.63, 3.8) is 0 Å². The van der Waals surface area contributed by atoms with Crippen molar-refractivity contribution in [2.75, 3.05) is 77.6 Å². The fourth-order valence-corrected chi connectivity index (χ4v) is 5.33. The molecule has 3 rings (SSSR count). The van der Waals surface area contributed by atoms with Gasteiger partial charge in [-0.3, -0.25) is 4.90 Å². The Morgan fingerprint density at radius 1 is 1.07 bits per heavy atom. The summed E-state index contributed by atoms with van der Waals surface area (Å²) in [5, 5.41) is 22.3. The van der Waals surface area contributed by atoms with Gasteiger partial charge < -0.3 is 29.9 Å². The number of ether oxygens (including phenoxy) is 2. The van der Waals surface area contributed by atoms with Crippen LogP contribution < -0.4 is 19.7 Å². The molecule has 0 spiro atoms. The van der Waals surface area contributed by atoms with Gasteiger partial charge in [0.1, 0.15) is 10.6 Å². The van der Waals surface area contributed by atoms with E-state index in [1.54, 1.807) is 11.0 Å². The van der Waals surface area contributed by atoms with Gasteiger partial charge in [0, 0.05) is 59.0 Å². The van der Waals surface area contributed by atoms with Gasteiger partial charge in [-0.2, -0.15) is 13.2 Å². The minimum atomic E-state index is -4.62. The molecule has 1 heterocycles. The van der Waals surface area contributed by atoms with Crippen molar-refractivity contribution in [3.8, 4) is 11.5 Å². The molecule has 1 saturated heterocycles. The molecule has 1 fully saturated rings. The number of anilines is 1. The van der Waals surface area contributed by atoms with Crippen LogP contribution in [-0.4, -0.2) is 96.3 Å². The number of aliphatic hydroxyl groups excluding tert-OH is 2. The molecular formula is C27H39F3N4O6S. The molecule has 230 valence electrons. The summed E-state index contributed by atoms with van der Waals surface area (Å²) in [6, 6.07) is 7.39. The molecule has 2 aromatic carbocycles. The van der Waals surface area contributed by atoms with Gasteiger partial charge >= 0.3 is 6.18 Å². The normalized spacial score (nSPS) is 14.8. The van der Waals surface area contributed by atoms with Crippen LogP contribution in [0.2, 0.25) is 0 Å². The molecule has 10 nitrogen and oxygen atoms in total. The first kappa shape index (κ1) is 33.0. The van der Waals surface area contributed by atoms with Crippen molar-refractivity contribution in [1.29, 1.82) is 0 Å². The van der Waals surface area contributed by atoms with E-state index in [4.69, 9.17) is 9.47 Å². The van der Waals surface area contributed by atoms with E-state index in [2.05, 4.69) is 14.9 Å². The second-order valence-corrected chi connectivity index (χ2v) is 11.4. The monoisotopic (exact) mass is 604 g/mol. The lowest BCUT2D eigenvalue weighted by atomic mass is 10.1. The number of sulfonamides is 1. The zero-order chi connectivity index (χ0) is 29.9. The molecule has 0 aliphatic carbocycles. The van der Waals surface area contributed by atoms with Gasteiger partial charge in [0.2, 0.25) is 10.0 Å². The Bertz CT molecular complexity index is 1200. The van der Waals surface area contributed by atoms with Crippen LogP contribution >= 0.6 is 0 Å². The number of alkyl halides is 3. The Kier molecular flexibility index (Phi) is 12.6. The second-order valence-electron chi connectivity index (χ2n) is 9.55. The summed E-state index contributed by atoms with van der Waals surface area (Å²) in [5.41, 5.74) is 0.00360. The fourth-order valence-electron chi connectivity index (χ4n) is 4.42. The molecule has 0 saturated carbocycles. The predicted octanol–water partition coefficient (Wildman–Crippen LogP) is 2.40. The summed E-state index contributed by atoms with van der Waals surface area (Å²) >= 11 is 0. The summed E-state index contributed by atoms with van der Waals surface area (Å²) < 4.78 is 80.2. The summed E-state index contributed by atoms with van der Waals surface area (Å²) in [6.45, 7) is 5.10. The minimum Gasteiger partial charge on any atom is -0.454 e. The minimum absolute atomic E-state index is 0.135. The highest BCUT2D eigenvalue weighted by Gasteiger charge is 2.31. The van der Waals surface area contributed by atoms with E-state index < -0.39 is 21.8 Å². The van der Waals surface area contributed by atoms with E-state index in [1.165, 1.54) is 25.2 Å². The van der Waals surface area contributed by atoms with Crippen molar-refractivity contribution in [3.05, 3.63) is 47.5 Å². The van der Waals surface area contributed by atoms with Gasteiger partial charge in [-0.25, -0.2) is 13.1 Å². The van der Waals surface area contributed by atoms with E-state index in [0.29, 0.717) is 63.5 Å². The van der Waals surface area contributed by atoms with Crippen LogP contribution in [0.15, 0.2) is 41.3 Å². The standard InChI is InChI=1S/C27H39F3N4O6S/c1-31-41(37,38)25-18-21(20-32-7-10-33-11-15-39-16-12-33)17-24(34(8-3-13-35)9-4-14-36)26(25)40-23-6-2-5-22(19-23)27(28,29)30/h2,5-6,17-19,31-32,35-36H,3-4,7-16,20H2,1H3. The van der Waals surface area contributed by atoms with Gasteiger partial charge in [-0.1, -0.05) is 6.07 Å². The third kappa shape index (κ3) is 9.81. The predicted molar refractivity (Wildman–Crippen MR) is 149 cm³/mol. The molecule has 0 amide bonds. The Morgan fingerprint density at radius 2 is 1.76 bits per heavy atom. The Balaban J connectivity index is 2.03. The zero-order valence-corrected chi connectivity index (χ0v) is 23.9. The van der Waals surface area contributed by atoms with Crippen LogP contribution in [0, 0.1) is 0 Å². The molecule has 0 unspecified atom stereocenters. The maximum atomic E-state index is 13.4. The van der Waals surface area contributed by atoms with Crippen molar-refractivity contribution in [2.45, 2.75) is 30.5 Å². The topological polar surface area (TPSA) is 124 Å². The van der Waals surface area contributed by atoms with Crippen LogP contribution in [0.4, 0.5) is 18.9 Å². The summed E-state index contributed by atoms with van der Waals surface area (Å²) in [4.78, 5) is 3.79. The number of benzene rings is 2. The lowest BCUT2D eigenvalue weighted by Gasteiger charge is -2.29. The first-order valence-corrected chi connectivity index (χ1v) is 15.0. The molecular weight excluding hydrogens is 565 g/mol. The van der Waals surface area contributed by atoms with E-state index in [-0.39, 0.29) is 29.6 Å². The van der Waals surface area contributed by atoms with Gasteiger partial charge in [-0.15, -0.1) is 0 Å². The lowest BCUT2D eigenvalue weighted by molar-refractivity contribution is -0.137. The summed E-state index contributed by atoms with van der Waals surface area (Å²) in [6.07, 6.45) is -3.94. The van der Waals surface area contributed by atoms with Gasteiger partial charge in [-0.05, 0) is 55.8 Å². The molecule has 0 aromatic heterocycles. The van der Waals surface area contributed by atoms with Crippen LogP contribution in [0.3, 0.4) is 0 Å². The average Bonchev–Trinajstić information content (AvgIpc) is 2.96. The third-order valence-electron chi connectivity index (χ3n) is 6.59. The third-order valence-corrected chi connectivity index (χ3v) is 8.00. The molecule has 1 aliphatic rings. The van der Waals surface area contributed by atoms with Crippen LogP contribution in [-0.2, 0) is 27.5 Å². The summed E-state index contributed by atoms with van der Waals surface area (Å²) in [7, 11) is -2.89. The number of morpholine rings is 1. The van der Waals surface area contributed by atoms with E-state index in [9.17, 15) is 31.8 Å². The smallest absolute Gasteiger partial charge is 0.416 e. The van der Waals surface area contributed by atoms with E-state index >= 15 is 0 Å². The highest BCUT2D eigenvalue weighted by molar-refractivity contribution is 7.89. The second kappa shape index (κ2) is 15.7. The number of nitrogens with zero attached hydrogens (tertiary/aromatic N) is 2. The Labute approximate surface area is 239 Å². The average molecular weight is 605 g/mol. The molecule has 14 heteroatoms. The van der Waals surface area contributed by atoms with Crippen molar-refractivity contribution in [2.24, 2.45) is 0 Å². The number of rotatable bonds is 16. The van der Waals surface area contributed by atoms with Crippen LogP contribution in [0.1, 0.15) is 24.0 Å². The highest BCUT2D eigenvalue weighted by atomic mass is 32.2. The number of hydrogen-bond donors (Lipinski definition) is 4. The fraction of sp³-hybridized carbons (Fsp3) is 0.556. The molecule has 0 radical (unpaired) electrons. The number of aliphatic hydroxyl groups is 2. The van der Waals surface area contributed by atoms with Gasteiger partial charge in [0.05, 0.1) is 24.5 Å². The quantitative estimate of drug-likeness (QED) is 0.214. The molecule has 0 bridgehead atoms. The Morgan fingerprint density at radius 3 is 2.37 bits per heavy atom. The molecule has 41 heavy (non-hydrogen) atoms. The SMILES string of the molecule is CNS(=O)(=O)c1cc(CNCCN2CCOCC2)cc(N(CCCO)CCCO)c1Oc1cccc(C(F)(F)F)c1. The van der Waals surface area contributed by atoms with E-state index in [0.717, 1.165) is 31.8 Å².